The van der Waals surface area contributed by atoms with E-state index in [1.807, 2.05) is 11.3 Å². The number of nitrogens with zero attached hydrogens (tertiary/aromatic N) is 3. The first-order valence-electron chi connectivity index (χ1n) is 8.14. The molecule has 2 aromatic rings. The zero-order valence-electron chi connectivity index (χ0n) is 12.9. The van der Waals surface area contributed by atoms with Gasteiger partial charge in [0.15, 0.2) is 5.16 Å². The van der Waals surface area contributed by atoms with E-state index in [4.69, 9.17) is 14.7 Å². The Balaban J connectivity index is 1.87. The molecule has 1 aliphatic carbocycles. The van der Waals surface area contributed by atoms with E-state index in [0.717, 1.165) is 43.0 Å². The molecule has 0 unspecified atom stereocenters. The summed E-state index contributed by atoms with van der Waals surface area (Å²) in [6.07, 6.45) is 5.02. The van der Waals surface area contributed by atoms with Crippen molar-refractivity contribution in [1.82, 2.24) is 9.97 Å². The van der Waals surface area contributed by atoms with E-state index in [1.165, 1.54) is 41.5 Å². The molecule has 0 amide bonds. The molecule has 0 N–H and O–H groups in total. The number of hydrogen-bond acceptors (Lipinski definition) is 6. The molecule has 1 saturated heterocycles. The molecular formula is C16H21N3OS2. The fraction of sp³-hybridized carbons (Fsp3) is 0.625. The van der Waals surface area contributed by atoms with Gasteiger partial charge in [-0.3, -0.25) is 0 Å². The standard InChI is InChI=1S/C16H21N3OS2/c1-2-21-16-17-14(19-7-9-20-10-8-19)13-11-5-3-4-6-12(11)22-15(13)18-16/h2-10H2,1H3. The first-order valence-corrected chi connectivity index (χ1v) is 9.95. The van der Waals surface area contributed by atoms with Crippen molar-refractivity contribution >= 4 is 39.1 Å². The second-order valence-electron chi connectivity index (χ2n) is 5.75. The van der Waals surface area contributed by atoms with Gasteiger partial charge in [0, 0.05) is 18.0 Å². The molecule has 0 spiro atoms. The van der Waals surface area contributed by atoms with Crippen LogP contribution in [0, 0.1) is 0 Å². The van der Waals surface area contributed by atoms with Crippen LogP contribution in [0.4, 0.5) is 5.82 Å². The van der Waals surface area contributed by atoms with Gasteiger partial charge >= 0.3 is 0 Å². The van der Waals surface area contributed by atoms with Gasteiger partial charge in [-0.15, -0.1) is 11.3 Å². The summed E-state index contributed by atoms with van der Waals surface area (Å²) in [6, 6.07) is 0. The Labute approximate surface area is 139 Å². The van der Waals surface area contributed by atoms with Gasteiger partial charge in [-0.1, -0.05) is 18.7 Å². The highest BCUT2D eigenvalue weighted by atomic mass is 32.2. The number of hydrogen-bond donors (Lipinski definition) is 0. The number of rotatable bonds is 3. The van der Waals surface area contributed by atoms with Crippen LogP contribution < -0.4 is 4.90 Å². The van der Waals surface area contributed by atoms with Gasteiger partial charge in [-0.2, -0.15) is 0 Å². The van der Waals surface area contributed by atoms with Gasteiger partial charge < -0.3 is 9.64 Å². The van der Waals surface area contributed by atoms with Crippen molar-refractivity contribution in [2.75, 3.05) is 37.0 Å². The predicted molar refractivity (Wildman–Crippen MR) is 93.5 cm³/mol. The average molecular weight is 335 g/mol. The van der Waals surface area contributed by atoms with Crippen LogP contribution in [-0.2, 0) is 17.6 Å². The molecule has 118 valence electrons. The van der Waals surface area contributed by atoms with E-state index in [0.29, 0.717) is 0 Å². The first kappa shape index (κ1) is 14.7. The summed E-state index contributed by atoms with van der Waals surface area (Å²) in [5.74, 6) is 2.17. The molecule has 0 aromatic carbocycles. The number of aromatic nitrogens is 2. The van der Waals surface area contributed by atoms with Crippen LogP contribution in [0.25, 0.3) is 10.2 Å². The quantitative estimate of drug-likeness (QED) is 0.634. The summed E-state index contributed by atoms with van der Waals surface area (Å²) < 4.78 is 5.52. The fourth-order valence-corrected chi connectivity index (χ4v) is 5.20. The molecule has 22 heavy (non-hydrogen) atoms. The minimum atomic E-state index is 0.800. The van der Waals surface area contributed by atoms with E-state index in [-0.39, 0.29) is 0 Å². The van der Waals surface area contributed by atoms with Crippen molar-refractivity contribution in [1.29, 1.82) is 0 Å². The van der Waals surface area contributed by atoms with Crippen LogP contribution in [-0.4, -0.2) is 42.0 Å². The third-order valence-corrected chi connectivity index (χ3v) is 6.27. The van der Waals surface area contributed by atoms with Crippen LogP contribution in [0.5, 0.6) is 0 Å². The van der Waals surface area contributed by atoms with Gasteiger partial charge in [0.1, 0.15) is 10.6 Å². The number of anilines is 1. The fourth-order valence-electron chi connectivity index (χ4n) is 3.32. The van der Waals surface area contributed by atoms with Crippen LogP contribution in [0.2, 0.25) is 0 Å². The SMILES string of the molecule is CCSc1nc(N2CCOCC2)c2c3c(sc2n1)CCCC3. The van der Waals surface area contributed by atoms with Crippen molar-refractivity contribution in [3.8, 4) is 0 Å². The summed E-state index contributed by atoms with van der Waals surface area (Å²) in [5, 5.41) is 2.26. The summed E-state index contributed by atoms with van der Waals surface area (Å²) in [5.41, 5.74) is 1.53. The Kier molecular flexibility index (Phi) is 4.24. The highest BCUT2D eigenvalue weighted by molar-refractivity contribution is 7.99. The van der Waals surface area contributed by atoms with Gasteiger partial charge in [-0.25, -0.2) is 9.97 Å². The Bertz CT molecular complexity index is 680. The van der Waals surface area contributed by atoms with Gasteiger partial charge in [0.2, 0.25) is 0 Å². The Morgan fingerprint density at radius 1 is 1.18 bits per heavy atom. The minimum Gasteiger partial charge on any atom is -0.378 e. The van der Waals surface area contributed by atoms with Crippen molar-refractivity contribution in [2.45, 2.75) is 37.8 Å². The lowest BCUT2D eigenvalue weighted by molar-refractivity contribution is 0.122. The molecule has 3 heterocycles. The molecular weight excluding hydrogens is 314 g/mol. The molecule has 2 aromatic heterocycles. The third kappa shape index (κ3) is 2.61. The number of ether oxygens (including phenoxy) is 1. The molecule has 1 aliphatic heterocycles. The van der Waals surface area contributed by atoms with E-state index < -0.39 is 0 Å². The summed E-state index contributed by atoms with van der Waals surface area (Å²) in [4.78, 5) is 14.9. The molecule has 0 radical (unpaired) electrons. The third-order valence-electron chi connectivity index (χ3n) is 4.36. The predicted octanol–water partition coefficient (Wildman–Crippen LogP) is 3.52. The van der Waals surface area contributed by atoms with E-state index in [2.05, 4.69) is 11.8 Å². The maximum absolute atomic E-state index is 5.52. The monoisotopic (exact) mass is 335 g/mol. The number of fused-ring (bicyclic) bond motifs is 3. The zero-order valence-corrected chi connectivity index (χ0v) is 14.6. The van der Waals surface area contributed by atoms with Crippen molar-refractivity contribution in [2.24, 2.45) is 0 Å². The Morgan fingerprint density at radius 3 is 2.82 bits per heavy atom. The molecule has 2 aliphatic rings. The lowest BCUT2D eigenvalue weighted by atomic mass is 9.97. The lowest BCUT2D eigenvalue weighted by Crippen LogP contribution is -2.37. The highest BCUT2D eigenvalue weighted by Crippen LogP contribution is 2.40. The number of morpholine rings is 1. The molecule has 0 atom stereocenters. The maximum atomic E-state index is 5.52. The topological polar surface area (TPSA) is 38.2 Å². The maximum Gasteiger partial charge on any atom is 0.190 e. The van der Waals surface area contributed by atoms with Crippen LogP contribution >= 0.6 is 23.1 Å². The average Bonchev–Trinajstić information content (AvgIpc) is 2.93. The summed E-state index contributed by atoms with van der Waals surface area (Å²) >= 11 is 3.64. The highest BCUT2D eigenvalue weighted by Gasteiger charge is 2.24. The number of aryl methyl sites for hydroxylation is 2. The first-order chi connectivity index (χ1) is 10.9. The summed E-state index contributed by atoms with van der Waals surface area (Å²) in [7, 11) is 0. The smallest absolute Gasteiger partial charge is 0.190 e. The molecule has 0 bridgehead atoms. The molecule has 0 saturated carbocycles. The van der Waals surface area contributed by atoms with Gasteiger partial charge in [0.25, 0.3) is 0 Å². The zero-order chi connectivity index (χ0) is 14.9. The second kappa shape index (κ2) is 6.34. The van der Waals surface area contributed by atoms with E-state index in [1.54, 1.807) is 16.6 Å². The van der Waals surface area contributed by atoms with Gasteiger partial charge in [-0.05, 0) is 37.0 Å². The van der Waals surface area contributed by atoms with Crippen LogP contribution in [0.15, 0.2) is 5.16 Å². The minimum absolute atomic E-state index is 0.800. The normalized spacial score (nSPS) is 18.7. The second-order valence-corrected chi connectivity index (χ2v) is 8.07. The van der Waals surface area contributed by atoms with Crippen molar-refractivity contribution in [3.05, 3.63) is 10.4 Å². The lowest BCUT2D eigenvalue weighted by Gasteiger charge is -2.29. The molecule has 4 nitrogen and oxygen atoms in total. The van der Waals surface area contributed by atoms with Crippen LogP contribution in [0.3, 0.4) is 0 Å². The van der Waals surface area contributed by atoms with E-state index in [9.17, 15) is 0 Å². The molecule has 1 fully saturated rings. The summed E-state index contributed by atoms with van der Waals surface area (Å²) in [6.45, 7) is 5.63. The Morgan fingerprint density at radius 2 is 2.00 bits per heavy atom. The van der Waals surface area contributed by atoms with E-state index >= 15 is 0 Å². The Hall–Kier alpha value is -0.850. The molecule has 6 heteroatoms. The number of thiophene rings is 1. The van der Waals surface area contributed by atoms with Crippen LogP contribution in [0.1, 0.15) is 30.2 Å². The number of thioether (sulfide) groups is 1. The van der Waals surface area contributed by atoms with Crippen molar-refractivity contribution < 1.29 is 4.74 Å². The molecule has 4 rings (SSSR count). The van der Waals surface area contributed by atoms with Crippen molar-refractivity contribution in [3.63, 3.8) is 0 Å². The van der Waals surface area contributed by atoms with Gasteiger partial charge in [0.05, 0.1) is 18.6 Å². The largest absolute Gasteiger partial charge is 0.378 e.